The zero-order valence-electron chi connectivity index (χ0n) is 16.6. The molecule has 1 aliphatic carbocycles. The van der Waals surface area contributed by atoms with E-state index in [2.05, 4.69) is 16.8 Å². The number of pyridine rings is 1. The molecule has 4 heteroatoms. The SMILES string of the molecule is CC#Cc1cc(C)c(C2=C(O)C(Cc3ccc(C(C)=O)cn3)CC2=O)c(C)c1. The normalized spacial score (nSPS) is 16.1. The monoisotopic (exact) mass is 373 g/mol. The first-order valence-electron chi connectivity index (χ1n) is 9.28. The van der Waals surface area contributed by atoms with Gasteiger partial charge in [-0.3, -0.25) is 14.6 Å². The number of rotatable bonds is 4. The van der Waals surface area contributed by atoms with Crippen LogP contribution in [0.5, 0.6) is 0 Å². The molecule has 1 aromatic heterocycles. The van der Waals surface area contributed by atoms with Gasteiger partial charge in [-0.25, -0.2) is 0 Å². The third-order valence-electron chi connectivity index (χ3n) is 5.09. The lowest BCUT2D eigenvalue weighted by atomic mass is 9.92. The highest BCUT2D eigenvalue weighted by atomic mass is 16.3. The van der Waals surface area contributed by atoms with Crippen LogP contribution in [0.3, 0.4) is 0 Å². The Morgan fingerprint density at radius 3 is 2.46 bits per heavy atom. The summed E-state index contributed by atoms with van der Waals surface area (Å²) in [6, 6.07) is 7.40. The Morgan fingerprint density at radius 2 is 1.93 bits per heavy atom. The van der Waals surface area contributed by atoms with Crippen molar-refractivity contribution in [2.75, 3.05) is 0 Å². The number of aryl methyl sites for hydroxylation is 2. The Morgan fingerprint density at radius 1 is 1.25 bits per heavy atom. The molecule has 1 unspecified atom stereocenters. The average molecular weight is 373 g/mol. The second kappa shape index (κ2) is 7.82. The predicted molar refractivity (Wildman–Crippen MR) is 109 cm³/mol. The zero-order chi connectivity index (χ0) is 20.4. The minimum absolute atomic E-state index is 0.0396. The Balaban J connectivity index is 1.94. The fourth-order valence-corrected chi connectivity index (χ4v) is 3.79. The van der Waals surface area contributed by atoms with Gasteiger partial charge in [0.25, 0.3) is 0 Å². The van der Waals surface area contributed by atoms with Crippen molar-refractivity contribution in [2.24, 2.45) is 5.92 Å². The maximum atomic E-state index is 12.7. The van der Waals surface area contributed by atoms with E-state index in [9.17, 15) is 14.7 Å². The summed E-state index contributed by atoms with van der Waals surface area (Å²) in [6.07, 6.45) is 2.25. The van der Waals surface area contributed by atoms with Crippen molar-refractivity contribution in [1.82, 2.24) is 4.98 Å². The molecule has 1 heterocycles. The minimum atomic E-state index is -0.299. The minimum Gasteiger partial charge on any atom is -0.511 e. The van der Waals surface area contributed by atoms with Crippen molar-refractivity contribution in [3.63, 3.8) is 0 Å². The Bertz CT molecular complexity index is 1030. The number of aliphatic hydroxyl groups is 1. The first-order chi connectivity index (χ1) is 13.3. The number of hydrogen-bond acceptors (Lipinski definition) is 4. The molecule has 1 atom stereocenters. The number of ketones is 2. The van der Waals surface area contributed by atoms with E-state index in [0.717, 1.165) is 27.9 Å². The van der Waals surface area contributed by atoms with Gasteiger partial charge in [0, 0.05) is 35.4 Å². The molecule has 3 rings (SSSR count). The maximum absolute atomic E-state index is 12.7. The molecule has 0 aliphatic heterocycles. The molecule has 142 valence electrons. The van der Waals surface area contributed by atoms with E-state index in [1.807, 2.05) is 26.0 Å². The first kappa shape index (κ1) is 19.6. The molecule has 1 aromatic carbocycles. The fraction of sp³-hybridized carbons (Fsp3) is 0.292. The molecule has 28 heavy (non-hydrogen) atoms. The van der Waals surface area contributed by atoms with Crippen LogP contribution in [0.1, 0.15) is 58.6 Å². The summed E-state index contributed by atoms with van der Waals surface area (Å²) < 4.78 is 0. The molecule has 0 spiro atoms. The highest BCUT2D eigenvalue weighted by Crippen LogP contribution is 2.38. The summed E-state index contributed by atoms with van der Waals surface area (Å²) in [4.78, 5) is 28.4. The highest BCUT2D eigenvalue weighted by molar-refractivity contribution is 6.24. The van der Waals surface area contributed by atoms with E-state index in [-0.39, 0.29) is 29.7 Å². The van der Waals surface area contributed by atoms with E-state index < -0.39 is 0 Å². The number of nitrogens with zero attached hydrogens (tertiary/aromatic N) is 1. The molecule has 0 saturated carbocycles. The molecule has 0 saturated heterocycles. The van der Waals surface area contributed by atoms with Crippen LogP contribution in [0.4, 0.5) is 0 Å². The molecule has 0 bridgehead atoms. The average Bonchev–Trinajstić information content (AvgIpc) is 2.90. The van der Waals surface area contributed by atoms with Crippen molar-refractivity contribution in [2.45, 2.75) is 40.5 Å². The van der Waals surface area contributed by atoms with E-state index in [1.165, 1.54) is 13.1 Å². The van der Waals surface area contributed by atoms with Gasteiger partial charge < -0.3 is 5.11 Å². The number of benzene rings is 1. The Kier molecular flexibility index (Phi) is 5.46. The summed E-state index contributed by atoms with van der Waals surface area (Å²) >= 11 is 0. The summed E-state index contributed by atoms with van der Waals surface area (Å²) in [5.74, 6) is 5.66. The number of allylic oxidation sites excluding steroid dienone is 2. The van der Waals surface area contributed by atoms with Crippen LogP contribution in [0.2, 0.25) is 0 Å². The first-order valence-corrected chi connectivity index (χ1v) is 9.28. The number of hydrogen-bond donors (Lipinski definition) is 1. The Hall–Kier alpha value is -3.19. The lowest BCUT2D eigenvalue weighted by Gasteiger charge is -2.13. The molecular formula is C24H23NO3. The van der Waals surface area contributed by atoms with Crippen LogP contribution in [-0.2, 0) is 11.2 Å². The van der Waals surface area contributed by atoms with Crippen molar-refractivity contribution < 1.29 is 14.7 Å². The van der Waals surface area contributed by atoms with Crippen LogP contribution < -0.4 is 0 Å². The molecule has 1 N–H and O–H groups in total. The highest BCUT2D eigenvalue weighted by Gasteiger charge is 2.34. The van der Waals surface area contributed by atoms with Gasteiger partial charge >= 0.3 is 0 Å². The zero-order valence-corrected chi connectivity index (χ0v) is 16.6. The molecule has 4 nitrogen and oxygen atoms in total. The van der Waals surface area contributed by atoms with Crippen LogP contribution in [0.15, 0.2) is 36.2 Å². The second-order valence-corrected chi connectivity index (χ2v) is 7.24. The topological polar surface area (TPSA) is 67.3 Å². The van der Waals surface area contributed by atoms with Crippen LogP contribution in [0.25, 0.3) is 5.57 Å². The number of aliphatic hydroxyl groups excluding tert-OH is 1. The number of Topliss-reactive ketones (excluding diaryl/α,β-unsaturated/α-hetero) is 2. The maximum Gasteiger partial charge on any atom is 0.167 e. The fourth-order valence-electron chi connectivity index (χ4n) is 3.79. The van der Waals surface area contributed by atoms with Gasteiger partial charge in [0.1, 0.15) is 5.76 Å². The Labute approximate surface area is 165 Å². The van der Waals surface area contributed by atoms with Crippen molar-refractivity contribution >= 4 is 17.1 Å². The number of carbonyl (C=O) groups excluding carboxylic acids is 2. The lowest BCUT2D eigenvalue weighted by molar-refractivity contribution is -0.113. The van der Waals surface area contributed by atoms with Crippen LogP contribution in [-0.4, -0.2) is 21.7 Å². The van der Waals surface area contributed by atoms with Crippen LogP contribution in [0, 0.1) is 31.6 Å². The van der Waals surface area contributed by atoms with Gasteiger partial charge in [-0.05, 0) is 75.1 Å². The molecule has 0 radical (unpaired) electrons. The van der Waals surface area contributed by atoms with E-state index >= 15 is 0 Å². The van der Waals surface area contributed by atoms with Gasteiger partial charge in [-0.2, -0.15) is 0 Å². The van der Waals surface area contributed by atoms with Crippen LogP contribution >= 0.6 is 0 Å². The van der Waals surface area contributed by atoms with Gasteiger partial charge in [-0.1, -0.05) is 5.92 Å². The second-order valence-electron chi connectivity index (χ2n) is 7.24. The van der Waals surface area contributed by atoms with E-state index in [4.69, 9.17) is 0 Å². The molecule has 2 aromatic rings. The van der Waals surface area contributed by atoms with Gasteiger partial charge in [0.05, 0.1) is 5.57 Å². The quantitative estimate of drug-likeness (QED) is 0.638. The van der Waals surface area contributed by atoms with Gasteiger partial charge in [0.2, 0.25) is 0 Å². The summed E-state index contributed by atoms with van der Waals surface area (Å²) in [7, 11) is 0. The summed E-state index contributed by atoms with van der Waals surface area (Å²) in [6.45, 7) is 7.16. The van der Waals surface area contributed by atoms with Crippen molar-refractivity contribution in [3.05, 3.63) is 69.7 Å². The summed E-state index contributed by atoms with van der Waals surface area (Å²) in [5.41, 5.74) is 5.27. The third-order valence-corrected chi connectivity index (χ3v) is 5.09. The number of aromatic nitrogens is 1. The molecule has 0 amide bonds. The third kappa shape index (κ3) is 3.75. The van der Waals surface area contributed by atoms with Gasteiger partial charge in [-0.15, -0.1) is 5.92 Å². The van der Waals surface area contributed by atoms with Crippen molar-refractivity contribution in [1.29, 1.82) is 0 Å². The van der Waals surface area contributed by atoms with E-state index in [0.29, 0.717) is 17.6 Å². The molecular weight excluding hydrogens is 350 g/mol. The van der Waals surface area contributed by atoms with Crippen molar-refractivity contribution in [3.8, 4) is 11.8 Å². The standard InChI is InChI=1S/C24H23NO3/c1-5-6-17-9-14(2)22(15(3)10-17)23-21(27)12-19(24(23)28)11-20-8-7-18(13-25-20)16(4)26/h7-10,13,19,28H,11-12H2,1-4H3. The molecule has 0 fully saturated rings. The molecule has 1 aliphatic rings. The largest absolute Gasteiger partial charge is 0.511 e. The smallest absolute Gasteiger partial charge is 0.167 e. The predicted octanol–water partition coefficient (Wildman–Crippen LogP) is 4.37. The van der Waals surface area contributed by atoms with Gasteiger partial charge in [0.15, 0.2) is 11.6 Å². The lowest BCUT2D eigenvalue weighted by Crippen LogP contribution is -2.07. The van der Waals surface area contributed by atoms with E-state index in [1.54, 1.807) is 19.1 Å². The number of carbonyl (C=O) groups is 2. The summed E-state index contributed by atoms with van der Waals surface area (Å²) in [5, 5.41) is 10.8.